The minimum Gasteiger partial charge on any atom is -0.309 e. The molecule has 0 atom stereocenters. The number of rotatable bonds is 2. The highest BCUT2D eigenvalue weighted by molar-refractivity contribution is 7.27. The second-order valence-electron chi connectivity index (χ2n) is 14.4. The molecule has 0 saturated heterocycles. The molecule has 2 nitrogen and oxygen atoms in total. The van der Waals surface area contributed by atoms with Crippen LogP contribution in [0.2, 0.25) is 0 Å². The zero-order chi connectivity index (χ0) is 35.1. The third-order valence-electron chi connectivity index (χ3n) is 11.7. The highest BCUT2D eigenvalue weighted by atomic mass is 32.1. The molecule has 13 aromatic rings. The van der Waals surface area contributed by atoms with Gasteiger partial charge in [-0.25, -0.2) is 0 Å². The fourth-order valence-electron chi connectivity index (χ4n) is 9.53. The summed E-state index contributed by atoms with van der Waals surface area (Å²) in [6, 6.07) is 63.0. The summed E-state index contributed by atoms with van der Waals surface area (Å²) in [6.45, 7) is 0. The molecule has 0 aliphatic carbocycles. The topological polar surface area (TPSA) is 9.86 Å². The van der Waals surface area contributed by atoms with Crippen LogP contribution < -0.4 is 0 Å². The Bertz CT molecular complexity index is 3480. The summed E-state index contributed by atoms with van der Waals surface area (Å²) in [4.78, 5) is 0. The minimum absolute atomic E-state index is 1.16. The van der Waals surface area contributed by atoms with Gasteiger partial charge in [-0.15, -0.1) is 22.7 Å². The van der Waals surface area contributed by atoms with Gasteiger partial charge in [0.25, 0.3) is 0 Å². The van der Waals surface area contributed by atoms with Gasteiger partial charge in [-0.1, -0.05) is 121 Å². The lowest BCUT2D eigenvalue weighted by Gasteiger charge is -2.14. The van der Waals surface area contributed by atoms with Crippen LogP contribution >= 0.6 is 22.7 Å². The van der Waals surface area contributed by atoms with Crippen molar-refractivity contribution in [2.75, 3.05) is 0 Å². The molecule has 0 unspecified atom stereocenters. The van der Waals surface area contributed by atoms with Gasteiger partial charge < -0.3 is 9.13 Å². The molecule has 0 saturated carbocycles. The van der Waals surface area contributed by atoms with Crippen LogP contribution in [-0.4, -0.2) is 9.13 Å². The molecular formula is C50H28N2S2. The third-order valence-corrected chi connectivity index (χ3v) is 14.1. The monoisotopic (exact) mass is 720 g/mol. The van der Waals surface area contributed by atoms with Crippen molar-refractivity contribution in [1.82, 2.24) is 9.13 Å². The van der Waals surface area contributed by atoms with Crippen molar-refractivity contribution in [3.63, 3.8) is 0 Å². The van der Waals surface area contributed by atoms with Gasteiger partial charge in [0.05, 0.1) is 22.1 Å². The summed E-state index contributed by atoms with van der Waals surface area (Å²) in [6.07, 6.45) is 0. The van der Waals surface area contributed by atoms with Crippen LogP contribution in [0.5, 0.6) is 0 Å². The fraction of sp³-hybridized carbons (Fsp3) is 0. The molecule has 0 N–H and O–H groups in total. The fourth-order valence-corrected chi connectivity index (χ4v) is 12.0. The molecule has 250 valence electrons. The van der Waals surface area contributed by atoms with Crippen molar-refractivity contribution in [3.05, 3.63) is 170 Å². The summed E-state index contributed by atoms with van der Waals surface area (Å²) in [5.74, 6) is 0. The van der Waals surface area contributed by atoms with Crippen LogP contribution in [0.1, 0.15) is 0 Å². The van der Waals surface area contributed by atoms with Crippen LogP contribution in [-0.2, 0) is 0 Å². The molecule has 0 aliphatic rings. The van der Waals surface area contributed by atoms with Gasteiger partial charge in [0, 0.05) is 94.8 Å². The minimum atomic E-state index is 1.16. The number of thiophene rings is 2. The highest BCUT2D eigenvalue weighted by Gasteiger charge is 2.24. The zero-order valence-electron chi connectivity index (χ0n) is 28.9. The Kier molecular flexibility index (Phi) is 5.69. The summed E-state index contributed by atoms with van der Waals surface area (Å²) in [5.41, 5.74) is 7.30. The van der Waals surface area contributed by atoms with E-state index >= 15 is 0 Å². The first-order valence-electron chi connectivity index (χ1n) is 18.4. The number of nitrogens with zero attached hydrogens (tertiary/aromatic N) is 2. The van der Waals surface area contributed by atoms with E-state index in [4.69, 9.17) is 0 Å². The lowest BCUT2D eigenvalue weighted by Crippen LogP contribution is -1.98. The van der Waals surface area contributed by atoms with Crippen LogP contribution in [0.15, 0.2) is 170 Å². The first kappa shape index (κ1) is 29.0. The Morgan fingerprint density at radius 2 is 0.611 bits per heavy atom. The van der Waals surface area contributed by atoms with Crippen LogP contribution in [0.25, 0.3) is 117 Å². The molecule has 0 aliphatic heterocycles. The quantitative estimate of drug-likeness (QED) is 0.168. The van der Waals surface area contributed by atoms with Crippen molar-refractivity contribution in [3.8, 4) is 11.4 Å². The number of hydrogen-bond donors (Lipinski definition) is 0. The van der Waals surface area contributed by atoms with Crippen LogP contribution in [0, 0.1) is 0 Å². The average molecular weight is 721 g/mol. The standard InChI is InChI=1S/C50H28N2S2/c1-3-15-33-31(13-1)47-43(45-37-19-7-11-23-41(37)53-49(33)45)35-17-5-9-21-39(35)51(47)29-25-27-30(28-26-29)52-40-22-10-6-18-36(40)44-46-38-20-8-12-24-42(38)54-50(46)34-16-4-2-14-32(34)48(44)52/h1-28H. The number of para-hydroxylation sites is 2. The normalized spacial score (nSPS) is 12.4. The molecule has 9 aromatic carbocycles. The molecule has 0 amide bonds. The second kappa shape index (κ2) is 10.6. The van der Waals surface area contributed by atoms with E-state index in [-0.39, 0.29) is 0 Å². The first-order valence-corrected chi connectivity index (χ1v) is 20.1. The van der Waals surface area contributed by atoms with E-state index in [0.29, 0.717) is 0 Å². The van der Waals surface area contributed by atoms with E-state index in [1.165, 1.54) is 106 Å². The van der Waals surface area contributed by atoms with E-state index in [1.807, 2.05) is 22.7 Å². The molecule has 4 aromatic heterocycles. The van der Waals surface area contributed by atoms with Gasteiger partial charge in [0.1, 0.15) is 0 Å². The molecular weight excluding hydrogens is 693 g/mol. The van der Waals surface area contributed by atoms with Gasteiger partial charge in [-0.3, -0.25) is 0 Å². The Hall–Kier alpha value is -6.46. The van der Waals surface area contributed by atoms with Gasteiger partial charge >= 0.3 is 0 Å². The van der Waals surface area contributed by atoms with E-state index in [1.54, 1.807) is 0 Å². The molecule has 0 radical (unpaired) electrons. The Morgan fingerprint density at radius 3 is 1.04 bits per heavy atom. The van der Waals surface area contributed by atoms with Gasteiger partial charge in [0.15, 0.2) is 0 Å². The van der Waals surface area contributed by atoms with Crippen molar-refractivity contribution in [1.29, 1.82) is 0 Å². The number of benzene rings is 9. The molecule has 13 rings (SSSR count). The predicted molar refractivity (Wildman–Crippen MR) is 236 cm³/mol. The summed E-state index contributed by atoms with van der Waals surface area (Å²) in [7, 11) is 0. The molecule has 0 fully saturated rings. The molecule has 0 bridgehead atoms. The van der Waals surface area contributed by atoms with Crippen molar-refractivity contribution < 1.29 is 0 Å². The summed E-state index contributed by atoms with van der Waals surface area (Å²) >= 11 is 3.83. The van der Waals surface area contributed by atoms with E-state index < -0.39 is 0 Å². The maximum absolute atomic E-state index is 2.50. The maximum atomic E-state index is 2.50. The third kappa shape index (κ3) is 3.64. The average Bonchev–Trinajstić information content (AvgIpc) is 3.99. The second-order valence-corrected chi connectivity index (χ2v) is 16.5. The Labute approximate surface area is 316 Å². The largest absolute Gasteiger partial charge is 0.309 e. The van der Waals surface area contributed by atoms with Gasteiger partial charge in [-0.2, -0.15) is 0 Å². The van der Waals surface area contributed by atoms with Crippen molar-refractivity contribution >= 4 is 128 Å². The lowest BCUT2D eigenvalue weighted by atomic mass is 10.00. The molecule has 4 heteroatoms. The zero-order valence-corrected chi connectivity index (χ0v) is 30.5. The van der Waals surface area contributed by atoms with Gasteiger partial charge in [-0.05, 0) is 48.5 Å². The molecule has 54 heavy (non-hydrogen) atoms. The first-order chi connectivity index (χ1) is 26.8. The Balaban J connectivity index is 1.13. The number of hydrogen-bond acceptors (Lipinski definition) is 2. The van der Waals surface area contributed by atoms with E-state index in [9.17, 15) is 0 Å². The van der Waals surface area contributed by atoms with Crippen molar-refractivity contribution in [2.45, 2.75) is 0 Å². The number of aromatic nitrogens is 2. The predicted octanol–water partition coefficient (Wildman–Crippen LogP) is 14.9. The number of fused-ring (bicyclic) bond motifs is 20. The SMILES string of the molecule is c1ccc2c(c1)sc1c3ccccc3c3c(c4ccccc4n3-c3ccc(-n4c5ccccc5c5c6c7ccccc7sc6c6ccccc6c54)cc3)c21. The van der Waals surface area contributed by atoms with Crippen LogP contribution in [0.4, 0.5) is 0 Å². The summed E-state index contributed by atoms with van der Waals surface area (Å²) in [5, 5.41) is 15.8. The Morgan fingerprint density at radius 1 is 0.278 bits per heavy atom. The van der Waals surface area contributed by atoms with E-state index in [2.05, 4.69) is 179 Å². The van der Waals surface area contributed by atoms with Gasteiger partial charge in [0.2, 0.25) is 0 Å². The highest BCUT2D eigenvalue weighted by Crippen LogP contribution is 2.50. The molecule has 4 heterocycles. The maximum Gasteiger partial charge on any atom is 0.0626 e. The van der Waals surface area contributed by atoms with Crippen LogP contribution in [0.3, 0.4) is 0 Å². The van der Waals surface area contributed by atoms with E-state index in [0.717, 1.165) is 11.4 Å². The van der Waals surface area contributed by atoms with Crippen molar-refractivity contribution in [2.24, 2.45) is 0 Å². The summed E-state index contributed by atoms with van der Waals surface area (Å²) < 4.78 is 10.4. The smallest absolute Gasteiger partial charge is 0.0626 e. The molecule has 0 spiro atoms. The lowest BCUT2D eigenvalue weighted by molar-refractivity contribution is 1.15.